The van der Waals surface area contributed by atoms with E-state index in [-0.39, 0.29) is 18.5 Å². The molecule has 0 aliphatic carbocycles. The molecule has 27 heavy (non-hydrogen) atoms. The van der Waals surface area contributed by atoms with Crippen molar-refractivity contribution in [3.05, 3.63) is 41.0 Å². The zero-order valence-electron chi connectivity index (χ0n) is 15.0. The van der Waals surface area contributed by atoms with Crippen LogP contribution < -0.4 is 29.5 Å². The van der Waals surface area contributed by atoms with Crippen molar-refractivity contribution in [3.8, 4) is 23.0 Å². The third-order valence-corrected chi connectivity index (χ3v) is 5.04. The van der Waals surface area contributed by atoms with Gasteiger partial charge in [0.2, 0.25) is 12.5 Å². The van der Waals surface area contributed by atoms with Gasteiger partial charge >= 0.3 is 5.97 Å². The van der Waals surface area contributed by atoms with Crippen molar-refractivity contribution in [1.82, 2.24) is 0 Å². The average molecular weight is 372 g/mol. The van der Waals surface area contributed by atoms with Crippen LogP contribution >= 0.6 is 0 Å². The van der Waals surface area contributed by atoms with Crippen molar-refractivity contribution >= 4 is 11.7 Å². The van der Waals surface area contributed by atoms with Gasteiger partial charge in [0.25, 0.3) is 0 Å². The summed E-state index contributed by atoms with van der Waals surface area (Å²) in [4.78, 5) is 12.5. The van der Waals surface area contributed by atoms with E-state index in [0.717, 1.165) is 24.1 Å². The molecule has 1 unspecified atom stereocenters. The van der Waals surface area contributed by atoms with Crippen molar-refractivity contribution in [3.63, 3.8) is 0 Å². The number of anilines is 1. The largest absolute Gasteiger partial charge is 0.872 e. The number of quaternary nitrogens is 1. The van der Waals surface area contributed by atoms with Gasteiger partial charge in [-0.3, -0.25) is 0 Å². The fraction of sp³-hybridized carbons (Fsp3) is 0.316. The minimum Gasteiger partial charge on any atom is -0.872 e. The molecule has 0 spiro atoms. The van der Waals surface area contributed by atoms with Crippen LogP contribution in [-0.4, -0.2) is 38.6 Å². The number of rotatable bonds is 4. The number of benzene rings is 2. The molecule has 3 N–H and O–H groups in total. The number of hydrogen-bond donors (Lipinski definition) is 3. The second-order valence-corrected chi connectivity index (χ2v) is 6.66. The third kappa shape index (κ3) is 2.87. The first-order valence-corrected chi connectivity index (χ1v) is 8.62. The van der Waals surface area contributed by atoms with E-state index in [1.165, 1.54) is 17.0 Å². The maximum atomic E-state index is 11.7. The van der Waals surface area contributed by atoms with Crippen molar-refractivity contribution in [2.24, 2.45) is 0 Å². The number of carboxylic acids is 1. The van der Waals surface area contributed by atoms with Crippen LogP contribution in [0.25, 0.3) is 0 Å². The summed E-state index contributed by atoms with van der Waals surface area (Å²) < 4.78 is 16.7. The molecule has 0 amide bonds. The fourth-order valence-corrected chi connectivity index (χ4v) is 3.67. The van der Waals surface area contributed by atoms with Gasteiger partial charge in [-0.2, -0.15) is 0 Å². The van der Waals surface area contributed by atoms with E-state index in [9.17, 15) is 15.0 Å². The Morgan fingerprint density at radius 2 is 2.19 bits per heavy atom. The van der Waals surface area contributed by atoms with E-state index in [4.69, 9.17) is 14.2 Å². The van der Waals surface area contributed by atoms with Crippen LogP contribution in [0.15, 0.2) is 24.3 Å². The number of hydrogen-bond acceptors (Lipinski definition) is 6. The van der Waals surface area contributed by atoms with Crippen LogP contribution in [0.4, 0.5) is 5.69 Å². The molecule has 2 aromatic rings. The highest BCUT2D eigenvalue weighted by molar-refractivity contribution is 5.91. The Labute approximate surface area is 155 Å². The van der Waals surface area contributed by atoms with Crippen LogP contribution in [0, 0.1) is 0 Å². The zero-order valence-corrected chi connectivity index (χ0v) is 15.0. The van der Waals surface area contributed by atoms with Crippen LogP contribution in [0.1, 0.15) is 27.7 Å². The average Bonchev–Trinajstić information content (AvgIpc) is 3.11. The molecule has 2 atom stereocenters. The number of methoxy groups -OCH3 is 1. The SMILES string of the molecule is COc1c2c(cc3c1[C@H](Nc1ccc([O-])c(C(=O)O)c1)[NH+](C)CC3)OCO2. The Balaban J connectivity index is 1.77. The molecular formula is C19H20N2O6. The van der Waals surface area contributed by atoms with E-state index in [1.54, 1.807) is 13.2 Å². The first-order chi connectivity index (χ1) is 13.0. The lowest BCUT2D eigenvalue weighted by atomic mass is 9.94. The molecule has 4 rings (SSSR count). The van der Waals surface area contributed by atoms with E-state index < -0.39 is 11.7 Å². The van der Waals surface area contributed by atoms with Gasteiger partial charge in [0.15, 0.2) is 17.7 Å². The molecule has 8 heteroatoms. The van der Waals surface area contributed by atoms with E-state index in [1.807, 2.05) is 13.1 Å². The van der Waals surface area contributed by atoms with Gasteiger partial charge in [0.1, 0.15) is 0 Å². The predicted octanol–water partition coefficient (Wildman–Crippen LogP) is 0.377. The molecule has 142 valence electrons. The van der Waals surface area contributed by atoms with Crippen molar-refractivity contribution in [2.75, 3.05) is 32.8 Å². The summed E-state index contributed by atoms with van der Waals surface area (Å²) in [6, 6.07) is 6.20. The predicted molar refractivity (Wildman–Crippen MR) is 93.8 cm³/mol. The zero-order chi connectivity index (χ0) is 19.1. The highest BCUT2D eigenvalue weighted by atomic mass is 16.7. The maximum Gasteiger partial charge on any atom is 0.335 e. The Hall–Kier alpha value is -3.13. The van der Waals surface area contributed by atoms with Gasteiger partial charge in [0, 0.05) is 12.1 Å². The maximum absolute atomic E-state index is 11.7. The smallest absolute Gasteiger partial charge is 0.335 e. The van der Waals surface area contributed by atoms with Crippen LogP contribution in [-0.2, 0) is 6.42 Å². The molecule has 0 fully saturated rings. The molecule has 2 heterocycles. The molecule has 2 aliphatic heterocycles. The first-order valence-electron chi connectivity index (χ1n) is 8.62. The molecule has 2 aliphatic rings. The van der Waals surface area contributed by atoms with Gasteiger partial charge in [-0.05, 0) is 23.8 Å². The van der Waals surface area contributed by atoms with Crippen LogP contribution in [0.2, 0.25) is 0 Å². The molecule has 8 nitrogen and oxygen atoms in total. The van der Waals surface area contributed by atoms with Gasteiger partial charge in [-0.25, -0.2) is 4.79 Å². The summed E-state index contributed by atoms with van der Waals surface area (Å²) in [5, 5.41) is 24.3. The van der Waals surface area contributed by atoms with Crippen molar-refractivity contribution < 1.29 is 34.1 Å². The Kier molecular flexibility index (Phi) is 4.19. The number of aromatic carboxylic acids is 1. The lowest BCUT2D eigenvalue weighted by Gasteiger charge is -2.34. The Bertz CT molecular complexity index is 914. The molecule has 2 aromatic carbocycles. The lowest BCUT2D eigenvalue weighted by molar-refractivity contribution is -0.910. The highest BCUT2D eigenvalue weighted by Crippen LogP contribution is 2.47. The molecule has 0 saturated heterocycles. The molecule has 0 saturated carbocycles. The Morgan fingerprint density at radius 3 is 2.93 bits per heavy atom. The van der Waals surface area contributed by atoms with Gasteiger partial charge < -0.3 is 34.6 Å². The number of fused-ring (bicyclic) bond motifs is 2. The lowest BCUT2D eigenvalue weighted by Crippen LogP contribution is -3.11. The van der Waals surface area contributed by atoms with Crippen molar-refractivity contribution in [2.45, 2.75) is 12.6 Å². The summed E-state index contributed by atoms with van der Waals surface area (Å²) in [6.45, 7) is 1.03. The summed E-state index contributed by atoms with van der Waals surface area (Å²) in [5.74, 6) is 0.121. The van der Waals surface area contributed by atoms with E-state index in [0.29, 0.717) is 22.9 Å². The molecule has 0 aromatic heterocycles. The van der Waals surface area contributed by atoms with Crippen LogP contribution in [0.5, 0.6) is 23.0 Å². The first kappa shape index (κ1) is 17.3. The van der Waals surface area contributed by atoms with Gasteiger partial charge in [0.05, 0.1) is 31.8 Å². The standard InChI is InChI=1S/C19H20N2O6/c1-21-6-5-10-7-14-16(27-9-26-14)17(25-2)15(10)18(21)20-11-3-4-13(22)12(8-11)19(23)24/h3-4,7-8,18,20,22H,5-6,9H2,1-2H3,(H,23,24)/t18-/m1/s1. The van der Waals surface area contributed by atoms with Crippen LogP contribution in [0.3, 0.4) is 0 Å². The van der Waals surface area contributed by atoms with E-state index >= 15 is 0 Å². The van der Waals surface area contributed by atoms with Gasteiger partial charge in [-0.1, -0.05) is 11.8 Å². The Morgan fingerprint density at radius 1 is 1.37 bits per heavy atom. The highest BCUT2D eigenvalue weighted by Gasteiger charge is 2.36. The normalized spacial score (nSPS) is 20.1. The summed E-state index contributed by atoms with van der Waals surface area (Å²) in [7, 11) is 3.64. The third-order valence-electron chi connectivity index (χ3n) is 5.04. The minimum absolute atomic E-state index is 0.155. The topological polar surface area (TPSA) is 105 Å². The number of ether oxygens (including phenoxy) is 3. The molecule has 0 bridgehead atoms. The fourth-order valence-electron chi connectivity index (χ4n) is 3.67. The second kappa shape index (κ2) is 6.55. The number of nitrogens with one attached hydrogen (secondary N) is 2. The minimum atomic E-state index is -1.24. The van der Waals surface area contributed by atoms with Gasteiger partial charge in [-0.15, -0.1) is 0 Å². The number of carbonyl (C=O) groups is 1. The monoisotopic (exact) mass is 372 g/mol. The van der Waals surface area contributed by atoms with Crippen molar-refractivity contribution in [1.29, 1.82) is 0 Å². The summed E-state index contributed by atoms with van der Waals surface area (Å²) in [5.41, 5.74) is 2.35. The number of carboxylic acid groups (broad SMARTS) is 1. The molecular weight excluding hydrogens is 352 g/mol. The molecule has 0 radical (unpaired) electrons. The number of likely N-dealkylation sites (N-methyl/N-ethyl adjacent to an activating group) is 1. The summed E-state index contributed by atoms with van der Waals surface area (Å²) >= 11 is 0. The quantitative estimate of drug-likeness (QED) is 0.713. The second-order valence-electron chi connectivity index (χ2n) is 6.66. The van der Waals surface area contributed by atoms with E-state index in [2.05, 4.69) is 5.32 Å². The summed E-state index contributed by atoms with van der Waals surface area (Å²) in [6.07, 6.45) is 0.656.